The van der Waals surface area contributed by atoms with Crippen molar-refractivity contribution in [2.75, 3.05) is 26.2 Å². The first kappa shape index (κ1) is 21.8. The van der Waals surface area contributed by atoms with E-state index in [9.17, 15) is 29.4 Å². The predicted molar refractivity (Wildman–Crippen MR) is 80.6 cm³/mol. The molecule has 0 fully saturated rings. The van der Waals surface area contributed by atoms with Crippen molar-refractivity contribution in [3.63, 3.8) is 0 Å². The zero-order valence-corrected chi connectivity index (χ0v) is 13.3. The average molecular weight is 349 g/mol. The van der Waals surface area contributed by atoms with Crippen molar-refractivity contribution < 1.29 is 39.6 Å². The number of aliphatic carboxylic acids is 4. The van der Waals surface area contributed by atoms with E-state index in [-0.39, 0.29) is 13.1 Å². The van der Waals surface area contributed by atoms with Gasteiger partial charge in [0.15, 0.2) is 0 Å². The fourth-order valence-corrected chi connectivity index (χ4v) is 2.58. The second-order valence-electron chi connectivity index (χ2n) is 5.35. The number of nitrogens with zero attached hydrogens (tertiary/aromatic N) is 1. The summed E-state index contributed by atoms with van der Waals surface area (Å²) < 4.78 is 0. The molecule has 24 heavy (non-hydrogen) atoms. The zero-order valence-electron chi connectivity index (χ0n) is 13.3. The molecule has 0 aliphatic carbocycles. The van der Waals surface area contributed by atoms with Gasteiger partial charge < -0.3 is 31.5 Å². The number of hydrogen-bond acceptors (Lipinski definition) is 7. The largest absolute Gasteiger partial charge is 0.481 e. The molecule has 7 N–H and O–H groups in total. The van der Waals surface area contributed by atoms with Crippen LogP contribution in [0.3, 0.4) is 0 Å². The molecule has 11 nitrogen and oxygen atoms in total. The summed E-state index contributed by atoms with van der Waals surface area (Å²) in [4.78, 5) is 45.6. The summed E-state index contributed by atoms with van der Waals surface area (Å²) in [5.74, 6) is -5.55. The van der Waals surface area contributed by atoms with Crippen LogP contribution in [-0.2, 0) is 19.2 Å². The molecule has 0 spiro atoms. The Morgan fingerprint density at radius 3 is 1.67 bits per heavy atom. The molecule has 0 heterocycles. The summed E-state index contributed by atoms with van der Waals surface area (Å²) in [7, 11) is 0. The van der Waals surface area contributed by atoms with Crippen LogP contribution in [0.25, 0.3) is 0 Å². The maximum atomic E-state index is 11.3. The molecule has 138 valence electrons. The molecule has 0 aliphatic heterocycles. The van der Waals surface area contributed by atoms with E-state index in [4.69, 9.17) is 15.9 Å². The van der Waals surface area contributed by atoms with Crippen LogP contribution in [0.1, 0.15) is 19.8 Å². The minimum Gasteiger partial charge on any atom is -0.481 e. The second-order valence-corrected chi connectivity index (χ2v) is 5.35. The number of carboxylic acids is 4. The monoisotopic (exact) mass is 349 g/mol. The Morgan fingerprint density at radius 2 is 1.38 bits per heavy atom. The summed E-state index contributed by atoms with van der Waals surface area (Å²) >= 11 is 0. The molecule has 0 aromatic rings. The van der Waals surface area contributed by atoms with Gasteiger partial charge in [-0.1, -0.05) is 0 Å². The molecule has 0 aromatic heterocycles. The number of carbonyl (C=O) groups is 4. The van der Waals surface area contributed by atoms with E-state index in [1.54, 1.807) is 0 Å². The number of carboxylic acid groups (broad SMARTS) is 4. The van der Waals surface area contributed by atoms with Crippen LogP contribution < -0.4 is 11.1 Å². The fraction of sp³-hybridized carbons (Fsp3) is 0.692. The molecule has 0 aromatic carbocycles. The molecular formula is C13H23N3O8. The Labute approximate surface area is 138 Å². The quantitative estimate of drug-likeness (QED) is 0.217. The lowest BCUT2D eigenvalue weighted by atomic mass is 9.81. The van der Waals surface area contributed by atoms with Crippen molar-refractivity contribution in [3.8, 4) is 0 Å². The van der Waals surface area contributed by atoms with Gasteiger partial charge in [0.2, 0.25) is 0 Å². The molecule has 11 heteroatoms. The van der Waals surface area contributed by atoms with Gasteiger partial charge >= 0.3 is 23.9 Å². The van der Waals surface area contributed by atoms with Crippen LogP contribution in [0, 0.1) is 0 Å². The molecule has 0 aliphatic rings. The van der Waals surface area contributed by atoms with E-state index < -0.39 is 61.4 Å². The smallest absolute Gasteiger partial charge is 0.317 e. The molecule has 0 saturated carbocycles. The molecule has 0 radical (unpaired) electrons. The van der Waals surface area contributed by atoms with E-state index in [0.717, 1.165) is 4.90 Å². The average Bonchev–Trinajstić information content (AvgIpc) is 2.40. The number of nitrogens with one attached hydrogen (secondary N) is 1. The third-order valence-electron chi connectivity index (χ3n) is 3.60. The first-order chi connectivity index (χ1) is 11.0. The Kier molecular flexibility index (Phi) is 8.89. The van der Waals surface area contributed by atoms with E-state index in [0.29, 0.717) is 0 Å². The highest BCUT2D eigenvalue weighted by Crippen LogP contribution is 2.29. The van der Waals surface area contributed by atoms with Crippen molar-refractivity contribution in [3.05, 3.63) is 0 Å². The fourth-order valence-electron chi connectivity index (χ4n) is 2.58. The first-order valence-corrected chi connectivity index (χ1v) is 7.10. The predicted octanol–water partition coefficient (Wildman–Crippen LogP) is -1.92. The van der Waals surface area contributed by atoms with E-state index in [2.05, 4.69) is 5.32 Å². The number of rotatable bonds is 13. The van der Waals surface area contributed by atoms with Crippen LogP contribution in [0.4, 0.5) is 0 Å². The van der Waals surface area contributed by atoms with E-state index in [1.165, 1.54) is 6.92 Å². The van der Waals surface area contributed by atoms with Gasteiger partial charge in [-0.2, -0.15) is 0 Å². The topological polar surface area (TPSA) is 190 Å². The van der Waals surface area contributed by atoms with E-state index >= 15 is 0 Å². The SMILES string of the molecule is CC(NCCN)C(CC(=O)O)(CC(=O)O)N(CC(=O)O)CC(=O)O. The lowest BCUT2D eigenvalue weighted by molar-refractivity contribution is -0.156. The summed E-state index contributed by atoms with van der Waals surface area (Å²) in [6.07, 6.45) is -1.50. The van der Waals surface area contributed by atoms with Crippen molar-refractivity contribution in [1.29, 1.82) is 0 Å². The van der Waals surface area contributed by atoms with Crippen LogP contribution in [0.15, 0.2) is 0 Å². The number of nitrogens with two attached hydrogens (primary N) is 1. The number of hydrogen-bond donors (Lipinski definition) is 6. The minimum absolute atomic E-state index is 0.179. The molecule has 0 saturated heterocycles. The lowest BCUT2D eigenvalue weighted by Crippen LogP contribution is -2.64. The highest BCUT2D eigenvalue weighted by molar-refractivity contribution is 5.76. The molecule has 0 amide bonds. The molecule has 1 unspecified atom stereocenters. The Bertz CT molecular complexity index is 450. The third kappa shape index (κ3) is 6.89. The molecule has 0 bridgehead atoms. The van der Waals surface area contributed by atoms with Gasteiger partial charge in [-0.3, -0.25) is 24.1 Å². The maximum Gasteiger partial charge on any atom is 0.317 e. The highest BCUT2D eigenvalue weighted by Gasteiger charge is 2.46. The summed E-state index contributed by atoms with van der Waals surface area (Å²) in [6, 6.07) is -0.841. The summed E-state index contributed by atoms with van der Waals surface area (Å²) in [5.41, 5.74) is 3.60. The Hall–Kier alpha value is -2.24. The summed E-state index contributed by atoms with van der Waals surface area (Å²) in [5, 5.41) is 39.2. The van der Waals surface area contributed by atoms with Gasteiger partial charge in [-0.15, -0.1) is 0 Å². The standard InChI is InChI=1S/C13H23N3O8/c1-8(15-3-2-14)13(4-9(17)18,5-10(19)20)16(6-11(21)22)7-12(23)24/h8,15H,2-7,14H2,1H3,(H,17,18)(H,19,20)(H,21,22)(H,23,24). The van der Waals surface area contributed by atoms with Crippen LogP contribution in [0.5, 0.6) is 0 Å². The van der Waals surface area contributed by atoms with Crippen molar-refractivity contribution in [2.24, 2.45) is 5.73 Å². The van der Waals surface area contributed by atoms with Gasteiger partial charge in [0.1, 0.15) is 0 Å². The van der Waals surface area contributed by atoms with Gasteiger partial charge in [-0.25, -0.2) is 0 Å². The second kappa shape index (κ2) is 9.80. The van der Waals surface area contributed by atoms with Gasteiger partial charge in [0, 0.05) is 19.1 Å². The van der Waals surface area contributed by atoms with Crippen molar-refractivity contribution in [2.45, 2.75) is 31.3 Å². The van der Waals surface area contributed by atoms with Crippen LogP contribution in [0.2, 0.25) is 0 Å². The van der Waals surface area contributed by atoms with Crippen LogP contribution >= 0.6 is 0 Å². The highest BCUT2D eigenvalue weighted by atomic mass is 16.4. The lowest BCUT2D eigenvalue weighted by Gasteiger charge is -2.45. The van der Waals surface area contributed by atoms with Gasteiger partial charge in [0.05, 0.1) is 31.5 Å². The van der Waals surface area contributed by atoms with Gasteiger partial charge in [-0.05, 0) is 6.92 Å². The summed E-state index contributed by atoms with van der Waals surface area (Å²) in [6.45, 7) is 0.232. The zero-order chi connectivity index (χ0) is 18.9. The minimum atomic E-state index is -1.76. The van der Waals surface area contributed by atoms with E-state index in [1.807, 2.05) is 0 Å². The molecule has 0 rings (SSSR count). The Morgan fingerprint density at radius 1 is 0.958 bits per heavy atom. The normalized spacial score (nSPS) is 12.8. The third-order valence-corrected chi connectivity index (χ3v) is 3.60. The Balaban J connectivity index is 6.00. The molecular weight excluding hydrogens is 326 g/mol. The maximum absolute atomic E-state index is 11.3. The first-order valence-electron chi connectivity index (χ1n) is 7.10. The van der Waals surface area contributed by atoms with Gasteiger partial charge in [0.25, 0.3) is 0 Å². The van der Waals surface area contributed by atoms with Crippen molar-refractivity contribution in [1.82, 2.24) is 10.2 Å². The van der Waals surface area contributed by atoms with Crippen molar-refractivity contribution >= 4 is 23.9 Å². The molecule has 1 atom stereocenters. The van der Waals surface area contributed by atoms with Crippen LogP contribution in [-0.4, -0.2) is 87.0 Å².